The van der Waals surface area contributed by atoms with Crippen LogP contribution in [0.25, 0.3) is 0 Å². The maximum atomic E-state index is 11.3. The molecule has 2 rings (SSSR count). The Morgan fingerprint density at radius 2 is 1.67 bits per heavy atom. The molecule has 2 aromatic carbocycles. The Labute approximate surface area is 110 Å². The molecule has 4 heteroatoms. The number of nitrogens with two attached hydrogens (primary N) is 1. The van der Waals surface area contributed by atoms with E-state index in [0.717, 1.165) is 15.4 Å². The Balaban J connectivity index is 2.37. The highest BCUT2D eigenvalue weighted by Gasteiger charge is 2.10. The number of aliphatic hydroxyl groups excluding tert-OH is 1. The molecule has 0 aromatic heterocycles. The lowest BCUT2D eigenvalue weighted by molar-refractivity contribution is 0.0997. The Hall–Kier alpha value is -1.78. The molecule has 18 heavy (non-hydrogen) atoms. The van der Waals surface area contributed by atoms with Crippen LogP contribution in [0.3, 0.4) is 0 Å². The number of amides is 1. The number of aliphatic hydroxyl groups is 1. The highest BCUT2D eigenvalue weighted by Crippen LogP contribution is 2.32. The van der Waals surface area contributed by atoms with E-state index in [1.165, 1.54) is 11.8 Å². The Kier molecular flexibility index (Phi) is 4.02. The number of carbonyl (C=O) groups excluding carboxylic acids is 1. The summed E-state index contributed by atoms with van der Waals surface area (Å²) in [4.78, 5) is 13.0. The quantitative estimate of drug-likeness (QED) is 0.886. The smallest absolute Gasteiger partial charge is 0.249 e. The zero-order valence-electron chi connectivity index (χ0n) is 9.67. The van der Waals surface area contributed by atoms with Gasteiger partial charge < -0.3 is 10.8 Å². The fourth-order valence-corrected chi connectivity index (χ4v) is 2.68. The van der Waals surface area contributed by atoms with Gasteiger partial charge in [0.25, 0.3) is 0 Å². The van der Waals surface area contributed by atoms with Gasteiger partial charge in [0.2, 0.25) is 5.91 Å². The Morgan fingerprint density at radius 1 is 1.06 bits per heavy atom. The monoisotopic (exact) mass is 259 g/mol. The van der Waals surface area contributed by atoms with Gasteiger partial charge in [0, 0.05) is 9.79 Å². The van der Waals surface area contributed by atoms with Crippen LogP contribution in [0.1, 0.15) is 15.9 Å². The third-order valence-corrected chi connectivity index (χ3v) is 3.71. The number of hydrogen-bond donors (Lipinski definition) is 2. The fraction of sp³-hybridized carbons (Fsp3) is 0.0714. The van der Waals surface area contributed by atoms with Crippen LogP contribution >= 0.6 is 11.8 Å². The van der Waals surface area contributed by atoms with Crippen LogP contribution in [-0.2, 0) is 6.61 Å². The van der Waals surface area contributed by atoms with Crippen molar-refractivity contribution in [3.05, 3.63) is 59.7 Å². The molecule has 0 saturated heterocycles. The van der Waals surface area contributed by atoms with Gasteiger partial charge in [0.05, 0.1) is 12.2 Å². The largest absolute Gasteiger partial charge is 0.392 e. The first-order valence-corrected chi connectivity index (χ1v) is 6.29. The maximum absolute atomic E-state index is 11.3. The van der Waals surface area contributed by atoms with Crippen molar-refractivity contribution in [1.29, 1.82) is 0 Å². The van der Waals surface area contributed by atoms with E-state index in [2.05, 4.69) is 0 Å². The molecule has 1 amide bonds. The molecule has 0 heterocycles. The third kappa shape index (κ3) is 2.72. The highest BCUT2D eigenvalue weighted by molar-refractivity contribution is 7.99. The summed E-state index contributed by atoms with van der Waals surface area (Å²) in [7, 11) is 0. The maximum Gasteiger partial charge on any atom is 0.249 e. The van der Waals surface area contributed by atoms with Crippen LogP contribution in [0.2, 0.25) is 0 Å². The fourth-order valence-electron chi connectivity index (χ4n) is 1.61. The van der Waals surface area contributed by atoms with Crippen LogP contribution in [0.5, 0.6) is 0 Å². The minimum absolute atomic E-state index is 0.0259. The zero-order chi connectivity index (χ0) is 13.0. The summed E-state index contributed by atoms with van der Waals surface area (Å²) in [5.41, 5.74) is 6.67. The first-order valence-electron chi connectivity index (χ1n) is 5.48. The molecule has 0 fully saturated rings. The van der Waals surface area contributed by atoms with Crippen molar-refractivity contribution in [3.63, 3.8) is 0 Å². The van der Waals surface area contributed by atoms with Gasteiger partial charge in [0.15, 0.2) is 0 Å². The predicted molar refractivity (Wildman–Crippen MR) is 71.4 cm³/mol. The Morgan fingerprint density at radius 3 is 2.33 bits per heavy atom. The average Bonchev–Trinajstić information content (AvgIpc) is 2.40. The van der Waals surface area contributed by atoms with Gasteiger partial charge in [-0.05, 0) is 23.8 Å². The molecule has 3 nitrogen and oxygen atoms in total. The van der Waals surface area contributed by atoms with Crippen LogP contribution < -0.4 is 5.73 Å². The standard InChI is InChI=1S/C14H13NO2S/c15-14(17)11-6-2-4-8-13(11)18-12-7-3-1-5-10(12)9-16/h1-8,16H,9H2,(H2,15,17). The first-order chi connectivity index (χ1) is 8.72. The average molecular weight is 259 g/mol. The molecular weight excluding hydrogens is 246 g/mol. The molecule has 0 aliphatic carbocycles. The lowest BCUT2D eigenvalue weighted by Crippen LogP contribution is -2.11. The van der Waals surface area contributed by atoms with Gasteiger partial charge in [-0.25, -0.2) is 0 Å². The van der Waals surface area contributed by atoms with Crippen molar-refractivity contribution < 1.29 is 9.90 Å². The van der Waals surface area contributed by atoms with Crippen molar-refractivity contribution >= 4 is 17.7 Å². The summed E-state index contributed by atoms with van der Waals surface area (Å²) in [6, 6.07) is 14.7. The normalized spacial score (nSPS) is 10.3. The molecule has 3 N–H and O–H groups in total. The van der Waals surface area contributed by atoms with E-state index in [1.54, 1.807) is 12.1 Å². The van der Waals surface area contributed by atoms with Crippen molar-refractivity contribution in [1.82, 2.24) is 0 Å². The molecule has 0 aliphatic rings. The van der Waals surface area contributed by atoms with E-state index in [9.17, 15) is 9.90 Å². The first kappa shape index (κ1) is 12.7. The van der Waals surface area contributed by atoms with Gasteiger partial charge in [-0.3, -0.25) is 4.79 Å². The lowest BCUT2D eigenvalue weighted by atomic mass is 10.2. The van der Waals surface area contributed by atoms with Crippen molar-refractivity contribution in [2.24, 2.45) is 5.73 Å². The molecule has 0 radical (unpaired) electrons. The summed E-state index contributed by atoms with van der Waals surface area (Å²) in [5, 5.41) is 9.27. The van der Waals surface area contributed by atoms with E-state index in [1.807, 2.05) is 36.4 Å². The second kappa shape index (κ2) is 5.71. The molecule has 0 atom stereocenters. The zero-order valence-corrected chi connectivity index (χ0v) is 10.5. The highest BCUT2D eigenvalue weighted by atomic mass is 32.2. The number of primary amides is 1. The van der Waals surface area contributed by atoms with E-state index >= 15 is 0 Å². The van der Waals surface area contributed by atoms with Crippen molar-refractivity contribution in [2.75, 3.05) is 0 Å². The number of rotatable bonds is 4. The summed E-state index contributed by atoms with van der Waals surface area (Å²) < 4.78 is 0. The molecule has 0 aliphatic heterocycles. The molecule has 0 bridgehead atoms. The van der Waals surface area contributed by atoms with E-state index in [-0.39, 0.29) is 6.61 Å². The van der Waals surface area contributed by atoms with Gasteiger partial charge in [-0.2, -0.15) is 0 Å². The molecule has 0 unspecified atom stereocenters. The van der Waals surface area contributed by atoms with Gasteiger partial charge in [0.1, 0.15) is 0 Å². The molecule has 0 saturated carbocycles. The minimum atomic E-state index is -0.445. The van der Waals surface area contributed by atoms with Crippen molar-refractivity contribution in [2.45, 2.75) is 16.4 Å². The van der Waals surface area contributed by atoms with Crippen molar-refractivity contribution in [3.8, 4) is 0 Å². The summed E-state index contributed by atoms with van der Waals surface area (Å²) in [6.45, 7) is -0.0259. The number of hydrogen-bond acceptors (Lipinski definition) is 3. The predicted octanol–water partition coefficient (Wildman–Crippen LogP) is 2.43. The topological polar surface area (TPSA) is 63.3 Å². The van der Waals surface area contributed by atoms with Crippen LogP contribution in [-0.4, -0.2) is 11.0 Å². The van der Waals surface area contributed by atoms with E-state index in [4.69, 9.17) is 5.73 Å². The number of carbonyl (C=O) groups is 1. The second-order valence-corrected chi connectivity index (χ2v) is 4.81. The lowest BCUT2D eigenvalue weighted by Gasteiger charge is -2.09. The third-order valence-electron chi connectivity index (χ3n) is 2.52. The second-order valence-electron chi connectivity index (χ2n) is 3.73. The van der Waals surface area contributed by atoms with Gasteiger partial charge in [-0.15, -0.1) is 0 Å². The van der Waals surface area contributed by atoms with E-state index in [0.29, 0.717) is 5.56 Å². The van der Waals surface area contributed by atoms with Crippen LogP contribution in [0.15, 0.2) is 58.3 Å². The molecular formula is C14H13NO2S. The van der Waals surface area contributed by atoms with Crippen LogP contribution in [0, 0.1) is 0 Å². The minimum Gasteiger partial charge on any atom is -0.392 e. The number of benzene rings is 2. The molecule has 0 spiro atoms. The van der Waals surface area contributed by atoms with E-state index < -0.39 is 5.91 Å². The Bertz CT molecular complexity index is 569. The SMILES string of the molecule is NC(=O)c1ccccc1Sc1ccccc1CO. The molecule has 92 valence electrons. The summed E-state index contributed by atoms with van der Waals surface area (Å²) in [5.74, 6) is -0.445. The van der Waals surface area contributed by atoms with Crippen LogP contribution in [0.4, 0.5) is 0 Å². The molecule has 2 aromatic rings. The summed E-state index contributed by atoms with van der Waals surface area (Å²) in [6.07, 6.45) is 0. The summed E-state index contributed by atoms with van der Waals surface area (Å²) >= 11 is 1.43. The van der Waals surface area contributed by atoms with Gasteiger partial charge >= 0.3 is 0 Å². The van der Waals surface area contributed by atoms with Gasteiger partial charge in [-0.1, -0.05) is 42.1 Å².